The SMILES string of the molecule is CC(C)C#Cc1cccc[n+]1C. The van der Waals surface area contributed by atoms with Crippen molar-refractivity contribution < 1.29 is 4.57 Å². The second-order valence-electron chi connectivity index (χ2n) is 3.12. The van der Waals surface area contributed by atoms with E-state index in [0.717, 1.165) is 5.69 Å². The molecule has 0 aromatic carbocycles. The Bertz CT molecular complexity index is 315. The molecule has 1 aromatic rings. The number of rotatable bonds is 0. The summed E-state index contributed by atoms with van der Waals surface area (Å²) >= 11 is 0. The van der Waals surface area contributed by atoms with Gasteiger partial charge in [0.25, 0.3) is 5.69 Å². The zero-order valence-electron chi connectivity index (χ0n) is 7.83. The Morgan fingerprint density at radius 3 is 2.67 bits per heavy atom. The first-order chi connectivity index (χ1) is 5.70. The zero-order chi connectivity index (χ0) is 8.97. The third-order valence-electron chi connectivity index (χ3n) is 1.54. The Morgan fingerprint density at radius 2 is 2.08 bits per heavy atom. The predicted octanol–water partition coefficient (Wildman–Crippen LogP) is 1.52. The lowest BCUT2D eigenvalue weighted by atomic mass is 10.2. The van der Waals surface area contributed by atoms with Crippen LogP contribution in [0, 0.1) is 17.8 Å². The van der Waals surface area contributed by atoms with Crippen molar-refractivity contribution in [3.05, 3.63) is 30.1 Å². The maximum Gasteiger partial charge on any atom is 0.256 e. The van der Waals surface area contributed by atoms with E-state index in [9.17, 15) is 0 Å². The van der Waals surface area contributed by atoms with Gasteiger partial charge in [-0.05, 0) is 6.07 Å². The number of hydrogen-bond acceptors (Lipinski definition) is 0. The summed E-state index contributed by atoms with van der Waals surface area (Å²) in [5, 5.41) is 0. The minimum Gasteiger partial charge on any atom is -0.194 e. The van der Waals surface area contributed by atoms with Crippen molar-refractivity contribution in [2.45, 2.75) is 13.8 Å². The van der Waals surface area contributed by atoms with Crippen molar-refractivity contribution in [1.29, 1.82) is 0 Å². The monoisotopic (exact) mass is 160 g/mol. The van der Waals surface area contributed by atoms with E-state index >= 15 is 0 Å². The molecule has 0 aliphatic rings. The van der Waals surface area contributed by atoms with Crippen molar-refractivity contribution in [2.75, 3.05) is 0 Å². The van der Waals surface area contributed by atoms with Gasteiger partial charge in [0.05, 0.1) is 0 Å². The van der Waals surface area contributed by atoms with Crippen LogP contribution in [0.15, 0.2) is 24.4 Å². The van der Waals surface area contributed by atoms with Crippen LogP contribution in [-0.2, 0) is 7.05 Å². The third-order valence-corrected chi connectivity index (χ3v) is 1.54. The van der Waals surface area contributed by atoms with Crippen LogP contribution in [0.25, 0.3) is 0 Å². The van der Waals surface area contributed by atoms with E-state index in [1.54, 1.807) is 0 Å². The van der Waals surface area contributed by atoms with Gasteiger partial charge < -0.3 is 0 Å². The van der Waals surface area contributed by atoms with Gasteiger partial charge in [0.15, 0.2) is 6.20 Å². The van der Waals surface area contributed by atoms with Crippen molar-refractivity contribution in [3.63, 3.8) is 0 Å². The molecule has 0 amide bonds. The number of pyridine rings is 1. The Labute approximate surface area is 74.0 Å². The fourth-order valence-corrected chi connectivity index (χ4v) is 0.871. The van der Waals surface area contributed by atoms with Gasteiger partial charge in [0.2, 0.25) is 0 Å². The highest BCUT2D eigenvalue weighted by molar-refractivity contribution is 5.23. The van der Waals surface area contributed by atoms with Gasteiger partial charge in [-0.2, -0.15) is 4.57 Å². The Hall–Kier alpha value is -1.29. The van der Waals surface area contributed by atoms with Gasteiger partial charge >= 0.3 is 0 Å². The molecular weight excluding hydrogens is 146 g/mol. The lowest BCUT2D eigenvalue weighted by molar-refractivity contribution is -0.673. The Balaban J connectivity index is 2.92. The highest BCUT2D eigenvalue weighted by atomic mass is 14.9. The van der Waals surface area contributed by atoms with Gasteiger partial charge in [0, 0.05) is 24.0 Å². The summed E-state index contributed by atoms with van der Waals surface area (Å²) in [7, 11) is 2.00. The first-order valence-electron chi connectivity index (χ1n) is 4.16. The minimum absolute atomic E-state index is 0.435. The number of aryl methyl sites for hydroxylation is 1. The summed E-state index contributed by atoms with van der Waals surface area (Å²) in [5.74, 6) is 6.69. The number of hydrogen-bond donors (Lipinski definition) is 0. The molecule has 0 atom stereocenters. The molecule has 62 valence electrons. The average molecular weight is 160 g/mol. The van der Waals surface area contributed by atoms with Gasteiger partial charge in [-0.15, -0.1) is 0 Å². The molecule has 0 unspecified atom stereocenters. The second-order valence-corrected chi connectivity index (χ2v) is 3.12. The summed E-state index contributed by atoms with van der Waals surface area (Å²) in [5.41, 5.74) is 1.06. The molecule has 0 spiro atoms. The molecule has 0 saturated heterocycles. The van der Waals surface area contributed by atoms with Crippen LogP contribution in [-0.4, -0.2) is 0 Å². The molecule has 1 rings (SSSR count). The largest absolute Gasteiger partial charge is 0.256 e. The van der Waals surface area contributed by atoms with E-state index < -0.39 is 0 Å². The minimum atomic E-state index is 0.435. The lowest BCUT2D eigenvalue weighted by Gasteiger charge is -1.90. The second kappa shape index (κ2) is 3.92. The van der Waals surface area contributed by atoms with E-state index in [4.69, 9.17) is 0 Å². The van der Waals surface area contributed by atoms with Gasteiger partial charge in [-0.1, -0.05) is 19.8 Å². The molecule has 12 heavy (non-hydrogen) atoms. The first-order valence-corrected chi connectivity index (χ1v) is 4.16. The molecule has 1 nitrogen and oxygen atoms in total. The van der Waals surface area contributed by atoms with Crippen LogP contribution in [0.1, 0.15) is 19.5 Å². The van der Waals surface area contributed by atoms with Crippen LogP contribution in [0.2, 0.25) is 0 Å². The van der Waals surface area contributed by atoms with E-state index in [1.165, 1.54) is 0 Å². The standard InChI is InChI=1S/C11H14N/c1-10(2)7-8-11-6-4-5-9-12(11)3/h4-6,9-10H,1-3H3/q+1. The fraction of sp³-hybridized carbons (Fsp3) is 0.364. The highest BCUT2D eigenvalue weighted by Gasteiger charge is 1.97. The smallest absolute Gasteiger partial charge is 0.194 e. The van der Waals surface area contributed by atoms with Crippen LogP contribution >= 0.6 is 0 Å². The maximum atomic E-state index is 3.13. The topological polar surface area (TPSA) is 3.88 Å². The summed E-state index contributed by atoms with van der Waals surface area (Å²) in [6.07, 6.45) is 2.00. The van der Waals surface area contributed by atoms with E-state index in [1.807, 2.05) is 36.0 Å². The van der Waals surface area contributed by atoms with Crippen molar-refractivity contribution >= 4 is 0 Å². The molecule has 0 radical (unpaired) electrons. The summed E-state index contributed by atoms with van der Waals surface area (Å²) in [4.78, 5) is 0. The molecule has 0 aliphatic heterocycles. The third kappa shape index (κ3) is 2.39. The summed E-state index contributed by atoms with van der Waals surface area (Å²) in [6.45, 7) is 4.19. The lowest BCUT2D eigenvalue weighted by Crippen LogP contribution is -2.31. The van der Waals surface area contributed by atoms with E-state index in [2.05, 4.69) is 25.7 Å². The molecule has 1 heteroatoms. The van der Waals surface area contributed by atoms with E-state index in [-0.39, 0.29) is 0 Å². The predicted molar refractivity (Wildman–Crippen MR) is 49.3 cm³/mol. The van der Waals surface area contributed by atoms with Crippen molar-refractivity contribution in [1.82, 2.24) is 0 Å². The molecule has 0 saturated carbocycles. The van der Waals surface area contributed by atoms with Gasteiger partial charge in [-0.3, -0.25) is 0 Å². The molecule has 0 aliphatic carbocycles. The molecule has 1 aromatic heterocycles. The molecular formula is C11H14N+. The molecule has 0 N–H and O–H groups in total. The van der Waals surface area contributed by atoms with Crippen LogP contribution in [0.3, 0.4) is 0 Å². The maximum absolute atomic E-state index is 3.13. The Morgan fingerprint density at radius 1 is 1.33 bits per heavy atom. The van der Waals surface area contributed by atoms with Gasteiger partial charge in [0.1, 0.15) is 7.05 Å². The quantitative estimate of drug-likeness (QED) is 0.400. The van der Waals surface area contributed by atoms with Crippen LogP contribution in [0.5, 0.6) is 0 Å². The fourth-order valence-electron chi connectivity index (χ4n) is 0.871. The molecule has 1 heterocycles. The zero-order valence-corrected chi connectivity index (χ0v) is 7.83. The van der Waals surface area contributed by atoms with Crippen LogP contribution < -0.4 is 4.57 Å². The summed E-state index contributed by atoms with van der Waals surface area (Å²) < 4.78 is 2.02. The van der Waals surface area contributed by atoms with Crippen molar-refractivity contribution in [3.8, 4) is 11.8 Å². The highest BCUT2D eigenvalue weighted by Crippen LogP contribution is 1.90. The molecule has 0 bridgehead atoms. The summed E-state index contributed by atoms with van der Waals surface area (Å²) in [6, 6.07) is 6.03. The average Bonchev–Trinajstić information content (AvgIpc) is 2.03. The first kappa shape index (κ1) is 8.80. The molecule has 0 fully saturated rings. The van der Waals surface area contributed by atoms with Crippen molar-refractivity contribution in [2.24, 2.45) is 13.0 Å². The van der Waals surface area contributed by atoms with Gasteiger partial charge in [-0.25, -0.2) is 0 Å². The Kier molecular flexibility index (Phi) is 2.88. The van der Waals surface area contributed by atoms with Crippen LogP contribution in [0.4, 0.5) is 0 Å². The normalized spacial score (nSPS) is 9.33. The number of aromatic nitrogens is 1. The number of nitrogens with zero attached hydrogens (tertiary/aromatic N) is 1. The van der Waals surface area contributed by atoms with E-state index in [0.29, 0.717) is 5.92 Å².